The SMILES string of the molecule is COCCNCc1ccc(SCCCN(C)C)cc1. The van der Waals surface area contributed by atoms with Crippen LogP contribution in [0.4, 0.5) is 0 Å². The van der Waals surface area contributed by atoms with E-state index < -0.39 is 0 Å². The van der Waals surface area contributed by atoms with E-state index in [9.17, 15) is 0 Å². The molecule has 0 fully saturated rings. The Labute approximate surface area is 121 Å². The Morgan fingerprint density at radius 1 is 1.21 bits per heavy atom. The van der Waals surface area contributed by atoms with Crippen molar-refractivity contribution in [2.45, 2.75) is 17.9 Å². The van der Waals surface area contributed by atoms with Crippen LogP contribution in [0.25, 0.3) is 0 Å². The molecule has 0 unspecified atom stereocenters. The summed E-state index contributed by atoms with van der Waals surface area (Å²) in [7, 11) is 5.97. The molecule has 0 atom stereocenters. The maximum atomic E-state index is 5.00. The van der Waals surface area contributed by atoms with Gasteiger partial charge in [0.2, 0.25) is 0 Å². The standard InChI is InChI=1S/C15H26N2OS/c1-17(2)10-4-12-19-15-7-5-14(6-8-15)13-16-9-11-18-3/h5-8,16H,4,9-13H2,1-3H3. The van der Waals surface area contributed by atoms with Crippen molar-refractivity contribution in [2.75, 3.05) is 46.7 Å². The van der Waals surface area contributed by atoms with Crippen LogP contribution in [0.15, 0.2) is 29.2 Å². The lowest BCUT2D eigenvalue weighted by atomic mass is 10.2. The molecular formula is C15H26N2OS. The minimum absolute atomic E-state index is 0.764. The molecule has 4 heteroatoms. The molecule has 0 heterocycles. The summed E-state index contributed by atoms with van der Waals surface area (Å²) in [5.41, 5.74) is 1.33. The van der Waals surface area contributed by atoms with E-state index in [0.717, 1.165) is 26.2 Å². The summed E-state index contributed by atoms with van der Waals surface area (Å²) in [6.45, 7) is 3.74. The van der Waals surface area contributed by atoms with Gasteiger partial charge in [0.1, 0.15) is 0 Å². The Morgan fingerprint density at radius 2 is 1.95 bits per heavy atom. The molecule has 0 aromatic heterocycles. The van der Waals surface area contributed by atoms with Crippen LogP contribution in [0.3, 0.4) is 0 Å². The molecule has 0 aliphatic rings. The van der Waals surface area contributed by atoms with Crippen molar-refractivity contribution >= 4 is 11.8 Å². The van der Waals surface area contributed by atoms with Gasteiger partial charge in [0.05, 0.1) is 6.61 Å². The summed E-state index contributed by atoms with van der Waals surface area (Å²) >= 11 is 1.94. The molecule has 1 rings (SSSR count). The van der Waals surface area contributed by atoms with E-state index in [1.54, 1.807) is 7.11 Å². The molecule has 0 saturated heterocycles. The van der Waals surface area contributed by atoms with Crippen molar-refractivity contribution in [3.63, 3.8) is 0 Å². The third kappa shape index (κ3) is 8.26. The lowest BCUT2D eigenvalue weighted by Crippen LogP contribution is -2.18. The molecule has 0 aliphatic heterocycles. The highest BCUT2D eigenvalue weighted by Gasteiger charge is 1.97. The van der Waals surface area contributed by atoms with Gasteiger partial charge in [0.25, 0.3) is 0 Å². The second-order valence-electron chi connectivity index (χ2n) is 4.82. The Kier molecular flexibility index (Phi) is 8.91. The topological polar surface area (TPSA) is 24.5 Å². The van der Waals surface area contributed by atoms with Gasteiger partial charge in [-0.1, -0.05) is 12.1 Å². The zero-order valence-corrected chi connectivity index (χ0v) is 13.1. The third-order valence-electron chi connectivity index (χ3n) is 2.75. The molecule has 3 nitrogen and oxygen atoms in total. The molecule has 19 heavy (non-hydrogen) atoms. The van der Waals surface area contributed by atoms with Gasteiger partial charge in [-0.05, 0) is 50.5 Å². The van der Waals surface area contributed by atoms with Crippen molar-refractivity contribution in [2.24, 2.45) is 0 Å². The van der Waals surface area contributed by atoms with Crippen LogP contribution < -0.4 is 5.32 Å². The molecule has 0 spiro atoms. The van der Waals surface area contributed by atoms with Crippen molar-refractivity contribution in [1.82, 2.24) is 10.2 Å². The normalized spacial score (nSPS) is 11.2. The number of hydrogen-bond acceptors (Lipinski definition) is 4. The Morgan fingerprint density at radius 3 is 2.58 bits per heavy atom. The number of ether oxygens (including phenoxy) is 1. The molecule has 0 radical (unpaired) electrons. The molecule has 1 aromatic rings. The van der Waals surface area contributed by atoms with Crippen LogP contribution in [-0.4, -0.2) is 51.6 Å². The first-order chi connectivity index (χ1) is 9.22. The minimum Gasteiger partial charge on any atom is -0.383 e. The second kappa shape index (κ2) is 10.3. The van der Waals surface area contributed by atoms with Gasteiger partial charge < -0.3 is 15.0 Å². The highest BCUT2D eigenvalue weighted by molar-refractivity contribution is 7.99. The molecular weight excluding hydrogens is 256 g/mol. The van der Waals surface area contributed by atoms with Crippen molar-refractivity contribution in [3.05, 3.63) is 29.8 Å². The zero-order chi connectivity index (χ0) is 13.9. The summed E-state index contributed by atoms with van der Waals surface area (Å²) < 4.78 is 5.00. The summed E-state index contributed by atoms with van der Waals surface area (Å²) in [6.07, 6.45) is 1.23. The van der Waals surface area contributed by atoms with Gasteiger partial charge in [0, 0.05) is 25.1 Å². The quantitative estimate of drug-likeness (QED) is 0.526. The number of nitrogens with zero attached hydrogens (tertiary/aromatic N) is 1. The van der Waals surface area contributed by atoms with Gasteiger partial charge in [-0.2, -0.15) is 0 Å². The maximum absolute atomic E-state index is 5.00. The first-order valence-electron chi connectivity index (χ1n) is 6.78. The fourth-order valence-corrected chi connectivity index (χ4v) is 2.52. The lowest BCUT2D eigenvalue weighted by molar-refractivity contribution is 0.199. The Balaban J connectivity index is 2.19. The maximum Gasteiger partial charge on any atom is 0.0587 e. The van der Waals surface area contributed by atoms with E-state index in [2.05, 4.69) is 48.6 Å². The smallest absolute Gasteiger partial charge is 0.0587 e. The van der Waals surface area contributed by atoms with E-state index in [0.29, 0.717) is 0 Å². The van der Waals surface area contributed by atoms with E-state index >= 15 is 0 Å². The summed E-state index contributed by atoms with van der Waals surface area (Å²) in [5, 5.41) is 3.35. The largest absolute Gasteiger partial charge is 0.383 e. The van der Waals surface area contributed by atoms with Gasteiger partial charge in [-0.25, -0.2) is 0 Å². The first-order valence-corrected chi connectivity index (χ1v) is 7.77. The fourth-order valence-electron chi connectivity index (χ4n) is 1.68. The minimum atomic E-state index is 0.764. The fraction of sp³-hybridized carbons (Fsp3) is 0.600. The average Bonchev–Trinajstić information content (AvgIpc) is 2.41. The van der Waals surface area contributed by atoms with Crippen molar-refractivity contribution in [3.8, 4) is 0 Å². The Hall–Kier alpha value is -0.550. The van der Waals surface area contributed by atoms with Gasteiger partial charge in [0.15, 0.2) is 0 Å². The molecule has 1 N–H and O–H groups in total. The highest BCUT2D eigenvalue weighted by Crippen LogP contribution is 2.19. The van der Waals surface area contributed by atoms with E-state index in [-0.39, 0.29) is 0 Å². The van der Waals surface area contributed by atoms with Gasteiger partial charge >= 0.3 is 0 Å². The first kappa shape index (κ1) is 16.5. The monoisotopic (exact) mass is 282 g/mol. The number of methoxy groups -OCH3 is 1. The van der Waals surface area contributed by atoms with E-state index in [1.807, 2.05) is 11.8 Å². The van der Waals surface area contributed by atoms with Crippen LogP contribution in [0.1, 0.15) is 12.0 Å². The number of rotatable bonds is 10. The zero-order valence-electron chi connectivity index (χ0n) is 12.3. The number of nitrogens with one attached hydrogen (secondary N) is 1. The van der Waals surface area contributed by atoms with E-state index in [1.165, 1.54) is 22.6 Å². The van der Waals surface area contributed by atoms with Crippen molar-refractivity contribution in [1.29, 1.82) is 0 Å². The molecule has 0 saturated carbocycles. The van der Waals surface area contributed by atoms with Crippen LogP contribution in [-0.2, 0) is 11.3 Å². The number of benzene rings is 1. The predicted octanol–water partition coefficient (Wildman–Crippen LogP) is 2.47. The lowest BCUT2D eigenvalue weighted by Gasteiger charge is -2.09. The third-order valence-corrected chi connectivity index (χ3v) is 3.85. The molecule has 0 amide bonds. The summed E-state index contributed by atoms with van der Waals surface area (Å²) in [5.74, 6) is 1.18. The summed E-state index contributed by atoms with van der Waals surface area (Å²) in [6, 6.07) is 8.84. The molecule has 1 aromatic carbocycles. The molecule has 0 aliphatic carbocycles. The number of thioether (sulfide) groups is 1. The van der Waals surface area contributed by atoms with Crippen molar-refractivity contribution < 1.29 is 4.74 Å². The molecule has 108 valence electrons. The van der Waals surface area contributed by atoms with Crippen LogP contribution in [0.5, 0.6) is 0 Å². The van der Waals surface area contributed by atoms with Gasteiger partial charge in [-0.3, -0.25) is 0 Å². The van der Waals surface area contributed by atoms with Crippen LogP contribution >= 0.6 is 11.8 Å². The Bertz CT molecular complexity index is 327. The van der Waals surface area contributed by atoms with Crippen LogP contribution in [0, 0.1) is 0 Å². The predicted molar refractivity (Wildman–Crippen MR) is 83.9 cm³/mol. The van der Waals surface area contributed by atoms with E-state index in [4.69, 9.17) is 4.74 Å². The second-order valence-corrected chi connectivity index (χ2v) is 5.99. The molecule has 0 bridgehead atoms. The van der Waals surface area contributed by atoms with Crippen LogP contribution in [0.2, 0.25) is 0 Å². The highest BCUT2D eigenvalue weighted by atomic mass is 32.2. The van der Waals surface area contributed by atoms with Gasteiger partial charge in [-0.15, -0.1) is 11.8 Å². The average molecular weight is 282 g/mol. The number of hydrogen-bond donors (Lipinski definition) is 1. The summed E-state index contributed by atoms with van der Waals surface area (Å²) in [4.78, 5) is 3.59.